The molecule has 1 unspecified atom stereocenters. The van der Waals surface area contributed by atoms with Crippen molar-refractivity contribution < 1.29 is 0 Å². The first-order valence-electron chi connectivity index (χ1n) is 5.93. The number of aryl methyl sites for hydroxylation is 1. The second kappa shape index (κ2) is 5.77. The minimum Gasteiger partial charge on any atom is -0.357 e. The molecule has 0 fully saturated rings. The molecule has 1 atom stereocenters. The van der Waals surface area contributed by atoms with Crippen molar-refractivity contribution >= 4 is 17.2 Å². The minimum absolute atomic E-state index is 0.0114. The lowest BCUT2D eigenvalue weighted by Gasteiger charge is -2.12. The molecule has 0 radical (unpaired) electrons. The predicted molar refractivity (Wildman–Crippen MR) is 72.9 cm³/mol. The third kappa shape index (κ3) is 2.76. The van der Waals surface area contributed by atoms with Crippen molar-refractivity contribution in [2.75, 3.05) is 5.32 Å². The third-order valence-electron chi connectivity index (χ3n) is 2.55. The fourth-order valence-corrected chi connectivity index (χ4v) is 2.32. The summed E-state index contributed by atoms with van der Waals surface area (Å²) in [5.41, 5.74) is -0.0808. The molecule has 0 aromatic carbocycles. The van der Waals surface area contributed by atoms with Crippen LogP contribution in [0.2, 0.25) is 0 Å². The number of nitrogens with zero attached hydrogens (tertiary/aromatic N) is 3. The second-order valence-electron chi connectivity index (χ2n) is 4.01. The van der Waals surface area contributed by atoms with E-state index in [9.17, 15) is 4.79 Å². The van der Waals surface area contributed by atoms with Crippen LogP contribution in [0.25, 0.3) is 0 Å². The Labute approximate surface area is 110 Å². The minimum atomic E-state index is -0.0808. The zero-order valence-corrected chi connectivity index (χ0v) is 11.3. The smallest absolute Gasteiger partial charge is 0.293 e. The number of nitrogens with one attached hydrogen (secondary N) is 1. The first kappa shape index (κ1) is 12.8. The average Bonchev–Trinajstić information content (AvgIpc) is 2.88. The van der Waals surface area contributed by atoms with Crippen LogP contribution in [0, 0.1) is 0 Å². The summed E-state index contributed by atoms with van der Waals surface area (Å²) in [5.74, 6) is 0.383. The van der Waals surface area contributed by atoms with Gasteiger partial charge in [-0.25, -0.2) is 9.97 Å². The molecule has 0 amide bonds. The molecule has 6 heteroatoms. The molecule has 0 saturated heterocycles. The number of hydrogen-bond donors (Lipinski definition) is 1. The van der Waals surface area contributed by atoms with E-state index in [1.165, 1.54) is 0 Å². The lowest BCUT2D eigenvalue weighted by molar-refractivity contribution is 0.647. The molecular formula is C12H16N4OS. The van der Waals surface area contributed by atoms with Crippen LogP contribution in [-0.2, 0) is 6.54 Å². The molecule has 0 aliphatic carbocycles. The topological polar surface area (TPSA) is 59.8 Å². The molecule has 1 N–H and O–H groups in total. The number of anilines is 1. The highest BCUT2D eigenvalue weighted by atomic mass is 32.1. The Kier molecular flexibility index (Phi) is 4.09. The van der Waals surface area contributed by atoms with Crippen molar-refractivity contribution in [3.05, 3.63) is 39.3 Å². The van der Waals surface area contributed by atoms with Crippen molar-refractivity contribution in [3.8, 4) is 0 Å². The van der Waals surface area contributed by atoms with Gasteiger partial charge in [0.25, 0.3) is 5.56 Å². The van der Waals surface area contributed by atoms with Gasteiger partial charge in [-0.1, -0.05) is 6.92 Å². The first-order valence-corrected chi connectivity index (χ1v) is 6.81. The first-order chi connectivity index (χ1) is 8.72. The molecule has 2 heterocycles. The molecule has 2 rings (SSSR count). The largest absolute Gasteiger partial charge is 0.357 e. The van der Waals surface area contributed by atoms with Gasteiger partial charge < -0.3 is 9.88 Å². The van der Waals surface area contributed by atoms with E-state index in [1.807, 2.05) is 19.2 Å². The van der Waals surface area contributed by atoms with Gasteiger partial charge >= 0.3 is 0 Å². The summed E-state index contributed by atoms with van der Waals surface area (Å²) in [6.45, 7) is 4.72. The van der Waals surface area contributed by atoms with Crippen LogP contribution in [0.4, 0.5) is 5.82 Å². The molecule has 2 aromatic heterocycles. The summed E-state index contributed by atoms with van der Waals surface area (Å²) in [6.07, 6.45) is 6.04. The van der Waals surface area contributed by atoms with Crippen LogP contribution < -0.4 is 10.9 Å². The van der Waals surface area contributed by atoms with Gasteiger partial charge in [0.1, 0.15) is 5.01 Å². The van der Waals surface area contributed by atoms with Gasteiger partial charge in [-0.3, -0.25) is 4.79 Å². The van der Waals surface area contributed by atoms with Crippen molar-refractivity contribution in [2.45, 2.75) is 32.9 Å². The van der Waals surface area contributed by atoms with E-state index in [2.05, 4.69) is 15.3 Å². The van der Waals surface area contributed by atoms with Crippen LogP contribution in [0.1, 0.15) is 31.3 Å². The Bertz CT molecular complexity index is 549. The Hall–Kier alpha value is -1.69. The van der Waals surface area contributed by atoms with Crippen molar-refractivity contribution in [1.29, 1.82) is 0 Å². The summed E-state index contributed by atoms with van der Waals surface area (Å²) >= 11 is 1.56. The third-order valence-corrected chi connectivity index (χ3v) is 3.51. The van der Waals surface area contributed by atoms with Crippen LogP contribution in [0.15, 0.2) is 28.8 Å². The van der Waals surface area contributed by atoms with Crippen LogP contribution >= 0.6 is 11.3 Å². The maximum atomic E-state index is 12.1. The van der Waals surface area contributed by atoms with Gasteiger partial charge in [0.15, 0.2) is 5.82 Å². The summed E-state index contributed by atoms with van der Waals surface area (Å²) < 4.78 is 1.67. The van der Waals surface area contributed by atoms with Crippen LogP contribution in [0.3, 0.4) is 0 Å². The van der Waals surface area contributed by atoms with E-state index in [4.69, 9.17) is 0 Å². The summed E-state index contributed by atoms with van der Waals surface area (Å²) in [6, 6.07) is -0.0114. The Balaban J connectivity index is 2.19. The highest BCUT2D eigenvalue weighted by Crippen LogP contribution is 2.17. The van der Waals surface area contributed by atoms with Gasteiger partial charge in [0.05, 0.1) is 6.04 Å². The zero-order chi connectivity index (χ0) is 13.0. The van der Waals surface area contributed by atoms with Crippen molar-refractivity contribution in [1.82, 2.24) is 14.5 Å². The highest BCUT2D eigenvalue weighted by molar-refractivity contribution is 7.09. The Morgan fingerprint density at radius 2 is 2.28 bits per heavy atom. The van der Waals surface area contributed by atoms with Gasteiger partial charge in [0, 0.05) is 30.5 Å². The standard InChI is InChI=1S/C12H16N4OS/c1-3-6-16-7-4-13-10(12(16)17)15-9(2)11-14-5-8-18-11/h4-5,7-9H,3,6H2,1-2H3,(H,13,15). The van der Waals surface area contributed by atoms with Crippen molar-refractivity contribution in [2.24, 2.45) is 0 Å². The molecular weight excluding hydrogens is 248 g/mol. The molecule has 5 nitrogen and oxygen atoms in total. The fraction of sp³-hybridized carbons (Fsp3) is 0.417. The lowest BCUT2D eigenvalue weighted by Crippen LogP contribution is -2.25. The quantitative estimate of drug-likeness (QED) is 0.900. The number of aromatic nitrogens is 3. The van der Waals surface area contributed by atoms with E-state index in [0.29, 0.717) is 12.4 Å². The SMILES string of the molecule is CCCn1ccnc(NC(C)c2nccs2)c1=O. The molecule has 96 valence electrons. The fourth-order valence-electron chi connectivity index (χ4n) is 1.68. The molecule has 0 spiro atoms. The summed E-state index contributed by atoms with van der Waals surface area (Å²) in [4.78, 5) is 20.4. The molecule has 2 aromatic rings. The van der Waals surface area contributed by atoms with E-state index < -0.39 is 0 Å². The maximum absolute atomic E-state index is 12.1. The molecule has 0 bridgehead atoms. The van der Waals surface area contributed by atoms with E-state index in [0.717, 1.165) is 11.4 Å². The molecule has 0 aliphatic heterocycles. The average molecular weight is 264 g/mol. The van der Waals surface area contributed by atoms with Crippen molar-refractivity contribution in [3.63, 3.8) is 0 Å². The Morgan fingerprint density at radius 3 is 2.94 bits per heavy atom. The maximum Gasteiger partial charge on any atom is 0.293 e. The summed E-state index contributed by atoms with van der Waals surface area (Å²) in [5, 5.41) is 5.98. The normalized spacial score (nSPS) is 12.3. The molecule has 0 aliphatic rings. The highest BCUT2D eigenvalue weighted by Gasteiger charge is 2.11. The lowest BCUT2D eigenvalue weighted by atomic mass is 10.3. The molecule has 0 saturated carbocycles. The predicted octanol–water partition coefficient (Wildman–Crippen LogP) is 2.28. The number of hydrogen-bond acceptors (Lipinski definition) is 5. The van der Waals surface area contributed by atoms with E-state index >= 15 is 0 Å². The second-order valence-corrected chi connectivity index (χ2v) is 4.94. The summed E-state index contributed by atoms with van der Waals surface area (Å²) in [7, 11) is 0. The van der Waals surface area contributed by atoms with Gasteiger partial charge in [0.2, 0.25) is 0 Å². The molecule has 18 heavy (non-hydrogen) atoms. The van der Waals surface area contributed by atoms with E-state index in [-0.39, 0.29) is 11.6 Å². The number of thiazole rings is 1. The number of rotatable bonds is 5. The monoisotopic (exact) mass is 264 g/mol. The zero-order valence-electron chi connectivity index (χ0n) is 10.5. The van der Waals surface area contributed by atoms with Gasteiger partial charge in [-0.05, 0) is 13.3 Å². The van der Waals surface area contributed by atoms with Crippen LogP contribution in [-0.4, -0.2) is 14.5 Å². The van der Waals surface area contributed by atoms with Gasteiger partial charge in [-0.2, -0.15) is 0 Å². The van der Waals surface area contributed by atoms with Gasteiger partial charge in [-0.15, -0.1) is 11.3 Å². The van der Waals surface area contributed by atoms with Crippen LogP contribution in [0.5, 0.6) is 0 Å². The Morgan fingerprint density at radius 1 is 1.44 bits per heavy atom. The van der Waals surface area contributed by atoms with E-state index in [1.54, 1.807) is 34.5 Å².